The van der Waals surface area contributed by atoms with E-state index in [4.69, 9.17) is 5.11 Å². The van der Waals surface area contributed by atoms with Crippen LogP contribution in [0.15, 0.2) is 24.3 Å². The second-order valence-electron chi connectivity index (χ2n) is 3.67. The van der Waals surface area contributed by atoms with Crippen LogP contribution in [-0.4, -0.2) is 23.7 Å². The zero-order valence-electron chi connectivity index (χ0n) is 9.90. The second-order valence-corrected chi connectivity index (χ2v) is 3.67. The summed E-state index contributed by atoms with van der Waals surface area (Å²) in [6, 6.07) is 5.58. The summed E-state index contributed by atoms with van der Waals surface area (Å²) in [5.41, 5.74) is 0.498. The van der Waals surface area contributed by atoms with E-state index >= 15 is 0 Å². The van der Waals surface area contributed by atoms with E-state index in [1.165, 1.54) is 6.07 Å². The zero-order chi connectivity index (χ0) is 13.5. The minimum Gasteiger partial charge on any atom is -0.480 e. The summed E-state index contributed by atoms with van der Waals surface area (Å²) in [6.07, 6.45) is 0.410. The Bertz CT molecular complexity index is 399. The highest BCUT2D eigenvalue weighted by Gasteiger charge is 2.15. The lowest BCUT2D eigenvalue weighted by Gasteiger charge is -2.14. The van der Waals surface area contributed by atoms with E-state index in [0.717, 1.165) is 0 Å². The molecule has 0 heterocycles. The fourth-order valence-corrected chi connectivity index (χ4v) is 1.50. The number of alkyl halides is 2. The Morgan fingerprint density at radius 3 is 2.67 bits per heavy atom. The molecule has 2 N–H and O–H groups in total. The Morgan fingerprint density at radius 2 is 2.11 bits per heavy atom. The van der Waals surface area contributed by atoms with Crippen molar-refractivity contribution in [2.75, 3.05) is 0 Å². The molecule has 0 radical (unpaired) electrons. The molecule has 0 amide bonds. The van der Waals surface area contributed by atoms with Gasteiger partial charge in [-0.1, -0.05) is 25.1 Å². The van der Waals surface area contributed by atoms with Gasteiger partial charge in [0, 0.05) is 12.1 Å². The van der Waals surface area contributed by atoms with Crippen LogP contribution in [0.25, 0.3) is 0 Å². The third-order valence-corrected chi connectivity index (χ3v) is 2.43. The maximum atomic E-state index is 12.2. The van der Waals surface area contributed by atoms with Gasteiger partial charge in [-0.25, -0.2) is 0 Å². The summed E-state index contributed by atoms with van der Waals surface area (Å²) in [6.45, 7) is -1.01. The topological polar surface area (TPSA) is 58.6 Å². The standard InChI is InChI=1S/C12H15F2NO3/c1-2-9(11(16)17)15-7-8-5-3-4-6-10(8)18-12(13)14/h3-6,9,12,15H,2,7H2,1H3,(H,16,17). The number of aliphatic carboxylic acids is 1. The molecular weight excluding hydrogens is 244 g/mol. The van der Waals surface area contributed by atoms with Crippen LogP contribution in [0.2, 0.25) is 0 Å². The van der Waals surface area contributed by atoms with Crippen LogP contribution in [0.5, 0.6) is 5.75 Å². The highest BCUT2D eigenvalue weighted by Crippen LogP contribution is 2.20. The van der Waals surface area contributed by atoms with Crippen molar-refractivity contribution < 1.29 is 23.4 Å². The molecule has 1 atom stereocenters. The van der Waals surface area contributed by atoms with Crippen molar-refractivity contribution in [1.29, 1.82) is 0 Å². The molecule has 1 aromatic rings. The lowest BCUT2D eigenvalue weighted by atomic mass is 10.1. The molecule has 6 heteroatoms. The number of halogens is 2. The third kappa shape index (κ3) is 4.29. The van der Waals surface area contributed by atoms with Crippen molar-refractivity contribution in [2.45, 2.75) is 32.5 Å². The van der Waals surface area contributed by atoms with E-state index in [1.54, 1.807) is 25.1 Å². The lowest BCUT2D eigenvalue weighted by Crippen LogP contribution is -2.35. The quantitative estimate of drug-likeness (QED) is 0.788. The summed E-state index contributed by atoms with van der Waals surface area (Å²) in [4.78, 5) is 10.8. The first-order valence-electron chi connectivity index (χ1n) is 5.53. The number of carboxylic acids is 1. The maximum absolute atomic E-state index is 12.2. The molecule has 0 aliphatic heterocycles. The first-order valence-corrected chi connectivity index (χ1v) is 5.53. The SMILES string of the molecule is CCC(NCc1ccccc1OC(F)F)C(=O)O. The molecule has 0 saturated heterocycles. The Labute approximate surface area is 104 Å². The van der Waals surface area contributed by atoms with E-state index < -0.39 is 18.6 Å². The predicted molar refractivity (Wildman–Crippen MR) is 61.6 cm³/mol. The number of carboxylic acid groups (broad SMARTS) is 1. The van der Waals surface area contributed by atoms with Gasteiger partial charge in [-0.05, 0) is 12.5 Å². The highest BCUT2D eigenvalue weighted by atomic mass is 19.3. The Balaban J connectivity index is 2.69. The minimum absolute atomic E-state index is 0.0558. The monoisotopic (exact) mass is 259 g/mol. The number of ether oxygens (including phenoxy) is 1. The van der Waals surface area contributed by atoms with Gasteiger partial charge >= 0.3 is 12.6 Å². The van der Waals surface area contributed by atoms with E-state index in [0.29, 0.717) is 12.0 Å². The molecule has 0 bridgehead atoms. The molecule has 1 aromatic carbocycles. The van der Waals surface area contributed by atoms with Crippen LogP contribution in [0.3, 0.4) is 0 Å². The Morgan fingerprint density at radius 1 is 1.44 bits per heavy atom. The van der Waals surface area contributed by atoms with Crippen molar-refractivity contribution in [3.8, 4) is 5.75 Å². The molecule has 0 aliphatic rings. The van der Waals surface area contributed by atoms with Crippen molar-refractivity contribution in [1.82, 2.24) is 5.32 Å². The smallest absolute Gasteiger partial charge is 0.387 e. The summed E-state index contributed by atoms with van der Waals surface area (Å²) in [5.74, 6) is -0.912. The number of hydrogen-bond acceptors (Lipinski definition) is 3. The first kappa shape index (κ1) is 14.4. The molecule has 1 rings (SSSR count). The van der Waals surface area contributed by atoms with E-state index in [-0.39, 0.29) is 12.3 Å². The summed E-state index contributed by atoms with van der Waals surface area (Å²) >= 11 is 0. The van der Waals surface area contributed by atoms with E-state index in [2.05, 4.69) is 10.1 Å². The minimum atomic E-state index is -2.90. The van der Waals surface area contributed by atoms with Crippen molar-refractivity contribution in [3.05, 3.63) is 29.8 Å². The molecule has 0 saturated carbocycles. The van der Waals surface area contributed by atoms with Gasteiger partial charge in [0.2, 0.25) is 0 Å². The number of hydrogen-bond donors (Lipinski definition) is 2. The number of nitrogens with one attached hydrogen (secondary N) is 1. The van der Waals surface area contributed by atoms with Gasteiger partial charge in [-0.3, -0.25) is 4.79 Å². The number of benzene rings is 1. The van der Waals surface area contributed by atoms with Gasteiger partial charge in [0.25, 0.3) is 0 Å². The summed E-state index contributed by atoms with van der Waals surface area (Å²) in [5, 5.41) is 11.6. The number of carbonyl (C=O) groups is 1. The molecule has 0 aromatic heterocycles. The predicted octanol–water partition coefficient (Wildman–Crippen LogP) is 2.24. The van der Waals surface area contributed by atoms with Crippen LogP contribution in [0.4, 0.5) is 8.78 Å². The average Bonchev–Trinajstić information content (AvgIpc) is 2.30. The van der Waals surface area contributed by atoms with Gasteiger partial charge in [-0.15, -0.1) is 0 Å². The first-order chi connectivity index (χ1) is 8.54. The fourth-order valence-electron chi connectivity index (χ4n) is 1.50. The van der Waals surface area contributed by atoms with Gasteiger partial charge in [0.15, 0.2) is 0 Å². The van der Waals surface area contributed by atoms with Crippen molar-refractivity contribution in [2.24, 2.45) is 0 Å². The van der Waals surface area contributed by atoms with Crippen molar-refractivity contribution in [3.63, 3.8) is 0 Å². The van der Waals surface area contributed by atoms with Crippen LogP contribution in [0.1, 0.15) is 18.9 Å². The molecule has 0 spiro atoms. The highest BCUT2D eigenvalue weighted by molar-refractivity contribution is 5.73. The summed E-state index contributed by atoms with van der Waals surface area (Å²) in [7, 11) is 0. The van der Waals surface area contributed by atoms with Crippen LogP contribution >= 0.6 is 0 Å². The Hall–Kier alpha value is -1.69. The van der Waals surface area contributed by atoms with Gasteiger partial charge in [0.1, 0.15) is 11.8 Å². The van der Waals surface area contributed by atoms with Crippen LogP contribution in [0, 0.1) is 0 Å². The average molecular weight is 259 g/mol. The maximum Gasteiger partial charge on any atom is 0.387 e. The molecular formula is C12H15F2NO3. The second kappa shape index (κ2) is 6.90. The molecule has 4 nitrogen and oxygen atoms in total. The normalized spacial score (nSPS) is 12.4. The van der Waals surface area contributed by atoms with E-state index in [1.807, 2.05) is 0 Å². The van der Waals surface area contributed by atoms with Gasteiger partial charge in [-0.2, -0.15) is 8.78 Å². The van der Waals surface area contributed by atoms with Gasteiger partial charge < -0.3 is 15.2 Å². The van der Waals surface area contributed by atoms with Crippen LogP contribution < -0.4 is 10.1 Å². The molecule has 0 aliphatic carbocycles. The largest absolute Gasteiger partial charge is 0.480 e. The lowest BCUT2D eigenvalue weighted by molar-refractivity contribution is -0.139. The summed E-state index contributed by atoms with van der Waals surface area (Å²) < 4.78 is 28.7. The number of rotatable bonds is 7. The fraction of sp³-hybridized carbons (Fsp3) is 0.417. The van der Waals surface area contributed by atoms with Gasteiger partial charge in [0.05, 0.1) is 0 Å². The van der Waals surface area contributed by atoms with E-state index in [9.17, 15) is 13.6 Å². The van der Waals surface area contributed by atoms with Crippen LogP contribution in [-0.2, 0) is 11.3 Å². The molecule has 0 fully saturated rings. The van der Waals surface area contributed by atoms with Crippen molar-refractivity contribution >= 4 is 5.97 Å². The Kier molecular flexibility index (Phi) is 5.51. The molecule has 18 heavy (non-hydrogen) atoms. The number of para-hydroxylation sites is 1. The zero-order valence-corrected chi connectivity index (χ0v) is 9.90. The third-order valence-electron chi connectivity index (χ3n) is 2.43. The molecule has 1 unspecified atom stereocenters. The molecule has 100 valence electrons.